The maximum Gasteiger partial charge on any atom is 0.338 e. The van der Waals surface area contributed by atoms with Gasteiger partial charge in [0.1, 0.15) is 0 Å². The van der Waals surface area contributed by atoms with Gasteiger partial charge in [0.25, 0.3) is 5.91 Å². The topological polar surface area (TPSA) is 105 Å². The SMILES string of the molecule is O=C(COC(=O)c1cccc(CN2C(=O)CNC2=O)c1)NC1CCCC1. The van der Waals surface area contributed by atoms with Gasteiger partial charge in [-0.25, -0.2) is 9.59 Å². The molecule has 0 radical (unpaired) electrons. The number of hydrogen-bond acceptors (Lipinski definition) is 5. The number of rotatable bonds is 6. The Labute approximate surface area is 150 Å². The van der Waals surface area contributed by atoms with Crippen molar-refractivity contribution in [3.63, 3.8) is 0 Å². The Morgan fingerprint density at radius 1 is 1.23 bits per heavy atom. The number of ether oxygens (including phenoxy) is 1. The zero-order chi connectivity index (χ0) is 18.5. The number of imide groups is 1. The molecule has 1 aromatic carbocycles. The molecule has 2 aliphatic rings. The fourth-order valence-corrected chi connectivity index (χ4v) is 3.15. The number of esters is 1. The monoisotopic (exact) mass is 359 g/mol. The Kier molecular flexibility index (Phi) is 5.50. The van der Waals surface area contributed by atoms with E-state index < -0.39 is 12.0 Å². The number of nitrogens with one attached hydrogen (secondary N) is 2. The van der Waals surface area contributed by atoms with Gasteiger partial charge in [0.05, 0.1) is 18.7 Å². The Morgan fingerprint density at radius 2 is 2.00 bits per heavy atom. The highest BCUT2D eigenvalue weighted by Gasteiger charge is 2.28. The molecule has 138 valence electrons. The van der Waals surface area contributed by atoms with E-state index in [4.69, 9.17) is 4.74 Å². The average Bonchev–Trinajstić information content (AvgIpc) is 3.25. The predicted molar refractivity (Wildman–Crippen MR) is 91.1 cm³/mol. The largest absolute Gasteiger partial charge is 0.452 e. The lowest BCUT2D eigenvalue weighted by Crippen LogP contribution is -2.35. The second-order valence-electron chi connectivity index (χ2n) is 6.46. The van der Waals surface area contributed by atoms with Crippen LogP contribution in [0.5, 0.6) is 0 Å². The summed E-state index contributed by atoms with van der Waals surface area (Å²) in [5.41, 5.74) is 0.892. The Balaban J connectivity index is 1.53. The minimum Gasteiger partial charge on any atom is -0.452 e. The summed E-state index contributed by atoms with van der Waals surface area (Å²) in [4.78, 5) is 48.3. The number of hydrogen-bond donors (Lipinski definition) is 2. The smallest absolute Gasteiger partial charge is 0.338 e. The summed E-state index contributed by atoms with van der Waals surface area (Å²) in [6.45, 7) is -0.267. The third-order valence-corrected chi connectivity index (χ3v) is 4.50. The van der Waals surface area contributed by atoms with Crippen LogP contribution in [0.1, 0.15) is 41.6 Å². The van der Waals surface area contributed by atoms with Crippen molar-refractivity contribution in [2.45, 2.75) is 38.3 Å². The minimum atomic E-state index is -0.620. The van der Waals surface area contributed by atoms with Crippen LogP contribution in [0.2, 0.25) is 0 Å². The zero-order valence-electron chi connectivity index (χ0n) is 14.3. The molecule has 0 spiro atoms. The van der Waals surface area contributed by atoms with Crippen LogP contribution >= 0.6 is 0 Å². The average molecular weight is 359 g/mol. The summed E-state index contributed by atoms with van der Waals surface area (Å²) in [6, 6.07) is 6.19. The Hall–Kier alpha value is -2.90. The molecule has 3 rings (SSSR count). The maximum atomic E-state index is 12.1. The van der Waals surface area contributed by atoms with E-state index in [0.717, 1.165) is 30.6 Å². The Morgan fingerprint density at radius 3 is 2.69 bits per heavy atom. The normalized spacial score (nSPS) is 17.3. The van der Waals surface area contributed by atoms with Crippen molar-refractivity contribution in [3.8, 4) is 0 Å². The molecule has 1 saturated heterocycles. The summed E-state index contributed by atoms with van der Waals surface area (Å²) in [6.07, 6.45) is 4.14. The zero-order valence-corrected chi connectivity index (χ0v) is 14.3. The molecule has 0 bridgehead atoms. The van der Waals surface area contributed by atoms with E-state index in [9.17, 15) is 19.2 Å². The van der Waals surface area contributed by atoms with Gasteiger partial charge in [0.15, 0.2) is 6.61 Å². The molecule has 1 aliphatic carbocycles. The van der Waals surface area contributed by atoms with Gasteiger partial charge in [-0.15, -0.1) is 0 Å². The first-order valence-electron chi connectivity index (χ1n) is 8.66. The molecule has 0 unspecified atom stereocenters. The number of urea groups is 1. The summed E-state index contributed by atoms with van der Waals surface area (Å²) in [5, 5.41) is 5.29. The van der Waals surface area contributed by atoms with E-state index in [0.29, 0.717) is 5.56 Å². The number of nitrogens with zero attached hydrogens (tertiary/aromatic N) is 1. The van der Waals surface area contributed by atoms with E-state index >= 15 is 0 Å². The number of benzene rings is 1. The van der Waals surface area contributed by atoms with Crippen LogP contribution in [-0.2, 0) is 20.9 Å². The minimum absolute atomic E-state index is 0.0172. The third kappa shape index (κ3) is 4.38. The van der Waals surface area contributed by atoms with Gasteiger partial charge in [-0.05, 0) is 30.5 Å². The molecule has 4 amide bonds. The van der Waals surface area contributed by atoms with Gasteiger partial charge < -0.3 is 15.4 Å². The fourth-order valence-electron chi connectivity index (χ4n) is 3.15. The first kappa shape index (κ1) is 17.9. The molecule has 2 fully saturated rings. The third-order valence-electron chi connectivity index (χ3n) is 4.50. The van der Waals surface area contributed by atoms with Crippen molar-refractivity contribution in [1.82, 2.24) is 15.5 Å². The highest BCUT2D eigenvalue weighted by atomic mass is 16.5. The first-order valence-corrected chi connectivity index (χ1v) is 8.66. The number of carbonyl (C=O) groups excluding carboxylic acids is 4. The fraction of sp³-hybridized carbons (Fsp3) is 0.444. The van der Waals surface area contributed by atoms with Crippen LogP contribution in [0, 0.1) is 0 Å². The van der Waals surface area contributed by atoms with Crippen LogP contribution in [0.4, 0.5) is 4.79 Å². The van der Waals surface area contributed by atoms with Gasteiger partial charge in [-0.2, -0.15) is 0 Å². The van der Waals surface area contributed by atoms with Crippen LogP contribution in [0.25, 0.3) is 0 Å². The van der Waals surface area contributed by atoms with Gasteiger partial charge >= 0.3 is 12.0 Å². The molecule has 8 heteroatoms. The van der Waals surface area contributed by atoms with Crippen molar-refractivity contribution in [2.75, 3.05) is 13.2 Å². The molecular weight excluding hydrogens is 338 g/mol. The molecule has 8 nitrogen and oxygen atoms in total. The number of carbonyl (C=O) groups is 4. The van der Waals surface area contributed by atoms with Gasteiger partial charge in [0, 0.05) is 6.04 Å². The van der Waals surface area contributed by atoms with Crippen molar-refractivity contribution >= 4 is 23.8 Å². The quantitative estimate of drug-likeness (QED) is 0.581. The van der Waals surface area contributed by atoms with E-state index in [2.05, 4.69) is 10.6 Å². The standard InChI is InChI=1S/C18H21N3O5/c22-15(20-14-6-1-2-7-14)11-26-17(24)13-5-3-4-12(8-13)10-21-16(23)9-19-18(21)25/h3-5,8,14H,1-2,6-7,9-11H2,(H,19,25)(H,20,22). The molecule has 1 heterocycles. The van der Waals surface area contributed by atoms with Crippen LogP contribution in [-0.4, -0.2) is 47.9 Å². The maximum absolute atomic E-state index is 12.1. The van der Waals surface area contributed by atoms with Crippen molar-refractivity contribution < 1.29 is 23.9 Å². The lowest BCUT2D eigenvalue weighted by molar-refractivity contribution is -0.125. The molecule has 1 aromatic rings. The van der Waals surface area contributed by atoms with E-state index in [1.807, 2.05) is 0 Å². The van der Waals surface area contributed by atoms with Gasteiger partial charge in [0.2, 0.25) is 5.91 Å². The summed E-state index contributed by atoms with van der Waals surface area (Å²) < 4.78 is 5.06. The highest BCUT2D eigenvalue weighted by molar-refractivity contribution is 6.01. The van der Waals surface area contributed by atoms with Crippen molar-refractivity contribution in [2.24, 2.45) is 0 Å². The van der Waals surface area contributed by atoms with E-state index in [1.54, 1.807) is 24.3 Å². The van der Waals surface area contributed by atoms with Crippen molar-refractivity contribution in [3.05, 3.63) is 35.4 Å². The molecule has 1 saturated carbocycles. The lowest BCUT2D eigenvalue weighted by atomic mass is 10.1. The van der Waals surface area contributed by atoms with Crippen molar-refractivity contribution in [1.29, 1.82) is 0 Å². The Bertz CT molecular complexity index is 711. The molecule has 26 heavy (non-hydrogen) atoms. The molecule has 1 aliphatic heterocycles. The second kappa shape index (κ2) is 7.99. The first-order chi connectivity index (χ1) is 12.5. The van der Waals surface area contributed by atoms with E-state index in [-0.39, 0.29) is 43.1 Å². The summed E-state index contributed by atoms with van der Waals surface area (Å²) in [5.74, 6) is -1.24. The number of amides is 4. The van der Waals surface area contributed by atoms with Crippen LogP contribution in [0.3, 0.4) is 0 Å². The molecule has 0 atom stereocenters. The molecule has 2 N–H and O–H groups in total. The van der Waals surface area contributed by atoms with Gasteiger partial charge in [-0.3, -0.25) is 14.5 Å². The van der Waals surface area contributed by atoms with Gasteiger partial charge in [-0.1, -0.05) is 25.0 Å². The molecule has 0 aromatic heterocycles. The van der Waals surface area contributed by atoms with Crippen LogP contribution in [0.15, 0.2) is 24.3 Å². The van der Waals surface area contributed by atoms with E-state index in [1.165, 1.54) is 0 Å². The highest BCUT2D eigenvalue weighted by Crippen LogP contribution is 2.17. The lowest BCUT2D eigenvalue weighted by Gasteiger charge is -2.13. The molecular formula is C18H21N3O5. The summed E-state index contributed by atoms with van der Waals surface area (Å²) >= 11 is 0. The summed E-state index contributed by atoms with van der Waals surface area (Å²) in [7, 11) is 0. The predicted octanol–water partition coefficient (Wildman–Crippen LogP) is 0.954. The second-order valence-corrected chi connectivity index (χ2v) is 6.46. The van der Waals surface area contributed by atoms with Crippen LogP contribution < -0.4 is 10.6 Å².